The molecule has 0 heterocycles. The minimum Gasteiger partial charge on any atom is -0.366 e. The molecule has 1 aromatic rings. The Morgan fingerprint density at radius 2 is 1.79 bits per heavy atom. The molecule has 0 aromatic heterocycles. The van der Waals surface area contributed by atoms with Crippen LogP contribution >= 0.6 is 0 Å². The fraction of sp³-hybridized carbons (Fsp3) is 0.429. The fourth-order valence-corrected chi connectivity index (χ4v) is 1.75. The number of benzene rings is 1. The van der Waals surface area contributed by atoms with E-state index in [0.717, 1.165) is 19.3 Å². The summed E-state index contributed by atoms with van der Waals surface area (Å²) in [6.45, 7) is 2.52. The lowest BCUT2D eigenvalue weighted by Crippen LogP contribution is -2.40. The third-order valence-corrected chi connectivity index (χ3v) is 2.96. The van der Waals surface area contributed by atoms with Crippen LogP contribution < -0.4 is 16.8 Å². The topological polar surface area (TPSA) is 98.2 Å². The second-order valence-electron chi connectivity index (χ2n) is 4.49. The van der Waals surface area contributed by atoms with Crippen molar-refractivity contribution in [3.63, 3.8) is 0 Å². The van der Waals surface area contributed by atoms with E-state index in [9.17, 15) is 9.59 Å². The highest BCUT2D eigenvalue weighted by atomic mass is 16.2. The van der Waals surface area contributed by atoms with Gasteiger partial charge in [0.1, 0.15) is 0 Å². The fourth-order valence-electron chi connectivity index (χ4n) is 1.75. The Balaban J connectivity index is 2.63. The van der Waals surface area contributed by atoms with Gasteiger partial charge in [0.2, 0.25) is 5.91 Å². The second-order valence-corrected chi connectivity index (χ2v) is 4.49. The summed E-state index contributed by atoms with van der Waals surface area (Å²) in [4.78, 5) is 22.9. The molecule has 1 unspecified atom stereocenters. The number of primary amides is 1. The lowest BCUT2D eigenvalue weighted by Gasteiger charge is -2.16. The van der Waals surface area contributed by atoms with Gasteiger partial charge in [0.15, 0.2) is 0 Å². The number of amides is 2. The normalized spacial score (nSPS) is 11.9. The summed E-state index contributed by atoms with van der Waals surface area (Å²) < 4.78 is 0. The Kier molecular flexibility index (Phi) is 6.02. The molecule has 0 saturated carbocycles. The van der Waals surface area contributed by atoms with E-state index in [-0.39, 0.29) is 11.9 Å². The van der Waals surface area contributed by atoms with Crippen LogP contribution in [0.1, 0.15) is 46.9 Å². The number of rotatable bonds is 7. The minimum absolute atomic E-state index is 0.0109. The molecule has 0 radical (unpaired) electrons. The van der Waals surface area contributed by atoms with Crippen molar-refractivity contribution in [1.29, 1.82) is 0 Å². The van der Waals surface area contributed by atoms with Crippen molar-refractivity contribution < 1.29 is 9.59 Å². The largest absolute Gasteiger partial charge is 0.366 e. The molecule has 1 aromatic carbocycles. The van der Waals surface area contributed by atoms with Gasteiger partial charge in [0.25, 0.3) is 5.91 Å². The Hall–Kier alpha value is -1.88. The van der Waals surface area contributed by atoms with E-state index in [0.29, 0.717) is 17.7 Å². The summed E-state index contributed by atoms with van der Waals surface area (Å²) in [5.74, 6) is -0.683. The highest BCUT2D eigenvalue weighted by Crippen LogP contribution is 2.06. The molecule has 0 aliphatic carbocycles. The number of hydrogen-bond donors (Lipinski definition) is 3. The number of nitrogens with one attached hydrogen (secondary N) is 1. The van der Waals surface area contributed by atoms with E-state index in [1.54, 1.807) is 24.3 Å². The molecule has 5 N–H and O–H groups in total. The van der Waals surface area contributed by atoms with Gasteiger partial charge in [-0.2, -0.15) is 0 Å². The summed E-state index contributed by atoms with van der Waals surface area (Å²) >= 11 is 0. The van der Waals surface area contributed by atoms with Crippen LogP contribution in [0.25, 0.3) is 0 Å². The summed E-state index contributed by atoms with van der Waals surface area (Å²) in [5.41, 5.74) is 11.7. The Bertz CT molecular complexity index is 429. The van der Waals surface area contributed by atoms with E-state index in [1.807, 2.05) is 0 Å². The van der Waals surface area contributed by atoms with Crippen LogP contribution in [0.15, 0.2) is 24.3 Å². The first kappa shape index (κ1) is 15.2. The van der Waals surface area contributed by atoms with Gasteiger partial charge in [-0.1, -0.05) is 19.8 Å². The third kappa shape index (κ3) is 4.71. The minimum atomic E-state index is -0.505. The molecule has 0 aliphatic rings. The standard InChI is InChI=1S/C14H21N3O2/c1-2-3-4-12(9-15)17-14(19)11-7-5-10(6-8-11)13(16)18/h5-8,12H,2-4,9,15H2,1H3,(H2,16,18)(H,17,19). The van der Waals surface area contributed by atoms with Crippen molar-refractivity contribution in [1.82, 2.24) is 5.32 Å². The summed E-state index contributed by atoms with van der Waals surface area (Å²) in [6, 6.07) is 6.25. The predicted octanol–water partition coefficient (Wildman–Crippen LogP) is 1.03. The van der Waals surface area contributed by atoms with Crippen LogP contribution in [0, 0.1) is 0 Å². The Labute approximate surface area is 113 Å². The molecular weight excluding hydrogens is 242 g/mol. The molecule has 0 fully saturated rings. The van der Waals surface area contributed by atoms with Gasteiger partial charge in [0.05, 0.1) is 0 Å². The first-order valence-corrected chi connectivity index (χ1v) is 6.49. The quantitative estimate of drug-likeness (QED) is 0.685. The number of carbonyl (C=O) groups is 2. The monoisotopic (exact) mass is 263 g/mol. The molecule has 0 saturated heterocycles. The smallest absolute Gasteiger partial charge is 0.251 e. The lowest BCUT2D eigenvalue weighted by atomic mass is 10.1. The van der Waals surface area contributed by atoms with Crippen molar-refractivity contribution in [3.8, 4) is 0 Å². The number of carbonyl (C=O) groups excluding carboxylic acids is 2. The van der Waals surface area contributed by atoms with Gasteiger partial charge in [-0.25, -0.2) is 0 Å². The van der Waals surface area contributed by atoms with Crippen LogP contribution in [0.3, 0.4) is 0 Å². The summed E-state index contributed by atoms with van der Waals surface area (Å²) in [7, 11) is 0. The average molecular weight is 263 g/mol. The van der Waals surface area contributed by atoms with Crippen LogP contribution in [0.2, 0.25) is 0 Å². The van der Waals surface area contributed by atoms with Crippen molar-refractivity contribution in [2.24, 2.45) is 11.5 Å². The third-order valence-electron chi connectivity index (χ3n) is 2.96. The lowest BCUT2D eigenvalue weighted by molar-refractivity contribution is 0.0933. The van der Waals surface area contributed by atoms with E-state index in [1.165, 1.54) is 0 Å². The summed E-state index contributed by atoms with van der Waals surface area (Å²) in [6.07, 6.45) is 2.97. The molecule has 5 heteroatoms. The maximum atomic E-state index is 12.0. The molecular formula is C14H21N3O2. The number of unbranched alkanes of at least 4 members (excludes halogenated alkanes) is 1. The maximum absolute atomic E-state index is 12.0. The predicted molar refractivity (Wildman–Crippen MR) is 74.8 cm³/mol. The van der Waals surface area contributed by atoms with E-state index < -0.39 is 5.91 Å². The average Bonchev–Trinajstić information content (AvgIpc) is 2.43. The van der Waals surface area contributed by atoms with Crippen LogP contribution in [0.4, 0.5) is 0 Å². The van der Waals surface area contributed by atoms with Gasteiger partial charge < -0.3 is 16.8 Å². The van der Waals surface area contributed by atoms with Crippen LogP contribution in [0.5, 0.6) is 0 Å². The van der Waals surface area contributed by atoms with Crippen molar-refractivity contribution in [2.75, 3.05) is 6.54 Å². The zero-order chi connectivity index (χ0) is 14.3. The number of hydrogen-bond acceptors (Lipinski definition) is 3. The molecule has 0 bridgehead atoms. The molecule has 1 rings (SSSR count). The molecule has 1 atom stereocenters. The maximum Gasteiger partial charge on any atom is 0.251 e. The zero-order valence-electron chi connectivity index (χ0n) is 11.2. The molecule has 5 nitrogen and oxygen atoms in total. The summed E-state index contributed by atoms with van der Waals surface area (Å²) in [5, 5.41) is 2.89. The van der Waals surface area contributed by atoms with E-state index >= 15 is 0 Å². The molecule has 19 heavy (non-hydrogen) atoms. The number of nitrogens with two attached hydrogens (primary N) is 2. The van der Waals surface area contributed by atoms with Gasteiger partial charge in [-0.3, -0.25) is 9.59 Å². The zero-order valence-corrected chi connectivity index (χ0v) is 11.2. The van der Waals surface area contributed by atoms with Gasteiger partial charge in [0, 0.05) is 23.7 Å². The molecule has 2 amide bonds. The van der Waals surface area contributed by atoms with Gasteiger partial charge >= 0.3 is 0 Å². The highest BCUT2D eigenvalue weighted by molar-refractivity contribution is 5.97. The van der Waals surface area contributed by atoms with E-state index in [4.69, 9.17) is 11.5 Å². The molecule has 104 valence electrons. The molecule has 0 aliphatic heterocycles. The Morgan fingerprint density at radius 1 is 1.21 bits per heavy atom. The first-order chi connectivity index (χ1) is 9.08. The second kappa shape index (κ2) is 7.53. The highest BCUT2D eigenvalue weighted by Gasteiger charge is 2.12. The van der Waals surface area contributed by atoms with Gasteiger partial charge in [-0.05, 0) is 30.7 Å². The van der Waals surface area contributed by atoms with Crippen molar-refractivity contribution in [3.05, 3.63) is 35.4 Å². The van der Waals surface area contributed by atoms with Crippen LogP contribution in [-0.4, -0.2) is 24.4 Å². The first-order valence-electron chi connectivity index (χ1n) is 6.49. The van der Waals surface area contributed by atoms with Gasteiger partial charge in [-0.15, -0.1) is 0 Å². The van der Waals surface area contributed by atoms with E-state index in [2.05, 4.69) is 12.2 Å². The SMILES string of the molecule is CCCCC(CN)NC(=O)c1ccc(C(N)=O)cc1. The molecule has 0 spiro atoms. The van der Waals surface area contributed by atoms with Crippen LogP contribution in [-0.2, 0) is 0 Å². The Morgan fingerprint density at radius 3 is 2.26 bits per heavy atom. The van der Waals surface area contributed by atoms with Crippen molar-refractivity contribution in [2.45, 2.75) is 32.2 Å². The van der Waals surface area contributed by atoms with Crippen molar-refractivity contribution >= 4 is 11.8 Å².